The molecule has 0 fully saturated rings. The molecule has 0 radical (unpaired) electrons. The molecule has 1 aromatic heterocycles. The lowest BCUT2D eigenvalue weighted by Crippen LogP contribution is -2.24. The lowest BCUT2D eigenvalue weighted by atomic mass is 10.2. The van der Waals surface area contributed by atoms with Gasteiger partial charge in [-0.05, 0) is 17.7 Å². The van der Waals surface area contributed by atoms with Crippen molar-refractivity contribution in [1.29, 1.82) is 0 Å². The Hall–Kier alpha value is -2.41. The number of nitrogens with zero attached hydrogens (tertiary/aromatic N) is 2. The van der Waals surface area contributed by atoms with Gasteiger partial charge in [0.25, 0.3) is 11.6 Å². The predicted molar refractivity (Wildman–Crippen MR) is 75.8 cm³/mol. The van der Waals surface area contributed by atoms with E-state index in [9.17, 15) is 14.9 Å². The van der Waals surface area contributed by atoms with E-state index in [1.54, 1.807) is 24.3 Å². The van der Waals surface area contributed by atoms with Gasteiger partial charge in [0.2, 0.25) is 0 Å². The van der Waals surface area contributed by atoms with Gasteiger partial charge in [0.1, 0.15) is 5.69 Å². The average molecular weight is 289 g/mol. The molecule has 0 atom stereocenters. The summed E-state index contributed by atoms with van der Waals surface area (Å²) >= 11 is 4.15. The summed E-state index contributed by atoms with van der Waals surface area (Å²) in [7, 11) is 0. The minimum Gasteiger partial charge on any atom is -0.347 e. The number of nitrogens with one attached hydrogen (secondary N) is 1. The number of pyridine rings is 1. The Morgan fingerprint density at radius 1 is 1.35 bits per heavy atom. The van der Waals surface area contributed by atoms with Gasteiger partial charge in [-0.2, -0.15) is 0 Å². The van der Waals surface area contributed by atoms with Gasteiger partial charge in [-0.25, -0.2) is 4.98 Å². The van der Waals surface area contributed by atoms with E-state index in [-0.39, 0.29) is 23.8 Å². The third kappa shape index (κ3) is 3.33. The molecule has 1 amide bonds. The summed E-state index contributed by atoms with van der Waals surface area (Å²) in [6.07, 6.45) is 1.50. The number of non-ortho nitro benzene ring substituents is 1. The number of nitro benzene ring substituents is 1. The average Bonchev–Trinajstić information content (AvgIpc) is 2.45. The first-order valence-corrected chi connectivity index (χ1v) is 6.18. The molecule has 102 valence electrons. The number of thiol groups is 1. The highest BCUT2D eigenvalue weighted by molar-refractivity contribution is 7.80. The van der Waals surface area contributed by atoms with Gasteiger partial charge in [0.05, 0.1) is 4.92 Å². The maximum absolute atomic E-state index is 11.9. The van der Waals surface area contributed by atoms with E-state index in [2.05, 4.69) is 22.9 Å². The van der Waals surface area contributed by atoms with Crippen molar-refractivity contribution >= 4 is 24.2 Å². The monoisotopic (exact) mass is 289 g/mol. The van der Waals surface area contributed by atoms with Crippen LogP contribution in [0.3, 0.4) is 0 Å². The van der Waals surface area contributed by atoms with Gasteiger partial charge in [0, 0.05) is 29.8 Å². The van der Waals surface area contributed by atoms with E-state index in [0.29, 0.717) is 10.5 Å². The fourth-order valence-electron chi connectivity index (χ4n) is 1.62. The molecule has 0 aliphatic carbocycles. The van der Waals surface area contributed by atoms with Gasteiger partial charge in [0.15, 0.2) is 0 Å². The van der Waals surface area contributed by atoms with Crippen molar-refractivity contribution in [3.05, 3.63) is 64.0 Å². The Morgan fingerprint density at radius 2 is 2.15 bits per heavy atom. The highest BCUT2D eigenvalue weighted by atomic mass is 32.1. The maximum atomic E-state index is 11.9. The van der Waals surface area contributed by atoms with Crippen molar-refractivity contribution in [2.75, 3.05) is 0 Å². The summed E-state index contributed by atoms with van der Waals surface area (Å²) in [6, 6.07) is 9.44. The second kappa shape index (κ2) is 6.16. The van der Waals surface area contributed by atoms with Crippen molar-refractivity contribution in [1.82, 2.24) is 10.3 Å². The lowest BCUT2D eigenvalue weighted by Gasteiger charge is -2.06. The summed E-state index contributed by atoms with van der Waals surface area (Å²) < 4.78 is 0. The molecule has 0 spiro atoms. The van der Waals surface area contributed by atoms with Gasteiger partial charge < -0.3 is 5.32 Å². The van der Waals surface area contributed by atoms with Crippen molar-refractivity contribution in [2.45, 2.75) is 11.4 Å². The Labute approximate surface area is 120 Å². The van der Waals surface area contributed by atoms with Crippen LogP contribution in [0.5, 0.6) is 0 Å². The fraction of sp³-hybridized carbons (Fsp3) is 0.0769. The topological polar surface area (TPSA) is 85.1 Å². The van der Waals surface area contributed by atoms with Crippen molar-refractivity contribution in [2.24, 2.45) is 0 Å². The molecular weight excluding hydrogens is 278 g/mol. The highest BCUT2D eigenvalue weighted by Gasteiger charge is 2.11. The Bertz CT molecular complexity index is 661. The van der Waals surface area contributed by atoms with Crippen LogP contribution in [-0.4, -0.2) is 15.8 Å². The summed E-state index contributed by atoms with van der Waals surface area (Å²) in [4.78, 5) is 26.5. The molecule has 0 aliphatic heterocycles. The number of rotatable bonds is 4. The Morgan fingerprint density at radius 3 is 2.85 bits per heavy atom. The zero-order valence-electron chi connectivity index (χ0n) is 10.3. The SMILES string of the molecule is O=C(NCc1cccc([N+](=O)[O-])c1)c1ncccc1S. The Kier molecular flexibility index (Phi) is 4.31. The Balaban J connectivity index is 2.06. The number of aromatic nitrogens is 1. The molecule has 2 aromatic rings. The van der Waals surface area contributed by atoms with Crippen LogP contribution in [0.1, 0.15) is 16.1 Å². The standard InChI is InChI=1S/C13H11N3O3S/c17-13(12-11(20)5-2-6-14-12)15-8-9-3-1-4-10(7-9)16(18)19/h1-7,20H,8H2,(H,15,17). The van der Waals surface area contributed by atoms with Crippen LogP contribution in [0.4, 0.5) is 5.69 Å². The molecule has 20 heavy (non-hydrogen) atoms. The summed E-state index contributed by atoms with van der Waals surface area (Å²) in [6.45, 7) is 0.185. The molecule has 1 N–H and O–H groups in total. The van der Waals surface area contributed by atoms with E-state index in [4.69, 9.17) is 0 Å². The maximum Gasteiger partial charge on any atom is 0.271 e. The van der Waals surface area contributed by atoms with E-state index in [0.717, 1.165) is 0 Å². The second-order valence-corrected chi connectivity index (χ2v) is 4.46. The van der Waals surface area contributed by atoms with Crippen molar-refractivity contribution < 1.29 is 9.72 Å². The van der Waals surface area contributed by atoms with Gasteiger partial charge in [-0.3, -0.25) is 14.9 Å². The zero-order valence-corrected chi connectivity index (χ0v) is 11.2. The van der Waals surface area contributed by atoms with Crippen molar-refractivity contribution in [3.8, 4) is 0 Å². The van der Waals surface area contributed by atoms with Gasteiger partial charge >= 0.3 is 0 Å². The molecule has 0 aliphatic rings. The summed E-state index contributed by atoms with van der Waals surface area (Å²) in [5.41, 5.74) is 0.856. The van der Waals surface area contributed by atoms with E-state index < -0.39 is 4.92 Å². The first-order valence-electron chi connectivity index (χ1n) is 5.73. The third-order valence-corrected chi connectivity index (χ3v) is 2.94. The number of benzene rings is 1. The number of hydrogen-bond donors (Lipinski definition) is 2. The molecule has 1 aromatic carbocycles. The number of carbonyl (C=O) groups excluding carboxylic acids is 1. The van der Waals surface area contributed by atoms with E-state index in [1.807, 2.05) is 0 Å². The largest absolute Gasteiger partial charge is 0.347 e. The first-order chi connectivity index (χ1) is 9.58. The second-order valence-electron chi connectivity index (χ2n) is 3.98. The molecule has 0 saturated carbocycles. The number of hydrogen-bond acceptors (Lipinski definition) is 5. The molecule has 6 nitrogen and oxygen atoms in total. The van der Waals surface area contributed by atoms with Gasteiger partial charge in [-0.15, -0.1) is 12.6 Å². The minimum absolute atomic E-state index is 0.00975. The highest BCUT2D eigenvalue weighted by Crippen LogP contribution is 2.13. The quantitative estimate of drug-likeness (QED) is 0.513. The van der Waals surface area contributed by atoms with Crippen LogP contribution < -0.4 is 5.32 Å². The van der Waals surface area contributed by atoms with Crippen LogP contribution in [0, 0.1) is 10.1 Å². The summed E-state index contributed by atoms with van der Waals surface area (Å²) in [5, 5.41) is 13.3. The van der Waals surface area contributed by atoms with Crippen molar-refractivity contribution in [3.63, 3.8) is 0 Å². The zero-order chi connectivity index (χ0) is 14.5. The first kappa shape index (κ1) is 14.0. The molecule has 2 rings (SSSR count). The normalized spacial score (nSPS) is 10.1. The fourth-order valence-corrected chi connectivity index (χ4v) is 1.86. The third-order valence-electron chi connectivity index (χ3n) is 2.58. The van der Waals surface area contributed by atoms with Crippen LogP contribution in [0.2, 0.25) is 0 Å². The van der Waals surface area contributed by atoms with E-state index in [1.165, 1.54) is 18.3 Å². The van der Waals surface area contributed by atoms with Crippen LogP contribution >= 0.6 is 12.6 Å². The summed E-state index contributed by atoms with van der Waals surface area (Å²) in [5.74, 6) is -0.373. The van der Waals surface area contributed by atoms with Crippen LogP contribution in [0.25, 0.3) is 0 Å². The molecular formula is C13H11N3O3S. The molecule has 1 heterocycles. The number of carbonyl (C=O) groups is 1. The number of nitro groups is 1. The van der Waals surface area contributed by atoms with Gasteiger partial charge in [-0.1, -0.05) is 12.1 Å². The minimum atomic E-state index is -0.476. The molecule has 0 unspecified atom stereocenters. The molecule has 7 heteroatoms. The van der Waals surface area contributed by atoms with Crippen LogP contribution in [0.15, 0.2) is 47.5 Å². The predicted octanol–water partition coefficient (Wildman–Crippen LogP) is 2.21. The van der Waals surface area contributed by atoms with Crippen LogP contribution in [-0.2, 0) is 6.54 Å². The smallest absolute Gasteiger partial charge is 0.271 e. The lowest BCUT2D eigenvalue weighted by molar-refractivity contribution is -0.384. The number of amides is 1. The molecule has 0 bridgehead atoms. The molecule has 0 saturated heterocycles. The van der Waals surface area contributed by atoms with E-state index >= 15 is 0 Å².